The quantitative estimate of drug-likeness (QED) is 0.456. The molecular weight excluding hydrogens is 235 g/mol. The molecule has 58 valence electrons. The summed E-state index contributed by atoms with van der Waals surface area (Å²) in [6, 6.07) is 0. The van der Waals surface area contributed by atoms with Crippen molar-refractivity contribution in [2.24, 2.45) is 11.3 Å². The topological polar surface area (TPSA) is 0 Å². The molecule has 3 unspecified atom stereocenters. The lowest BCUT2D eigenvalue weighted by Gasteiger charge is -2.29. The summed E-state index contributed by atoms with van der Waals surface area (Å²) in [6.45, 7) is 4.89. The normalized spacial score (nSPS) is 59.7. The van der Waals surface area contributed by atoms with Crippen molar-refractivity contribution < 1.29 is 0 Å². The highest BCUT2D eigenvalue weighted by atomic mass is 127. The van der Waals surface area contributed by atoms with E-state index in [1.54, 1.807) is 0 Å². The molecule has 0 aliphatic heterocycles. The third-order valence-corrected chi connectivity index (χ3v) is 6.42. The van der Waals surface area contributed by atoms with Gasteiger partial charge < -0.3 is 0 Å². The number of alkyl halides is 1. The van der Waals surface area contributed by atoms with Crippen LogP contribution in [0.25, 0.3) is 0 Å². The van der Waals surface area contributed by atoms with E-state index in [0.717, 1.165) is 11.3 Å². The van der Waals surface area contributed by atoms with Gasteiger partial charge in [0.05, 0.1) is 0 Å². The molecule has 0 nitrogen and oxygen atoms in total. The Morgan fingerprint density at radius 3 is 2.70 bits per heavy atom. The molecule has 0 bridgehead atoms. The van der Waals surface area contributed by atoms with Crippen LogP contribution in [0, 0.1) is 11.3 Å². The zero-order chi connectivity index (χ0) is 7.41. The van der Waals surface area contributed by atoms with Gasteiger partial charge in [0.2, 0.25) is 0 Å². The number of hydrogen-bond donors (Lipinski definition) is 0. The van der Waals surface area contributed by atoms with Gasteiger partial charge in [-0.1, -0.05) is 42.9 Å². The van der Waals surface area contributed by atoms with Crippen LogP contribution in [0.2, 0.25) is 0 Å². The number of fused-ring (bicyclic) bond motifs is 1. The van der Waals surface area contributed by atoms with E-state index in [4.69, 9.17) is 0 Å². The van der Waals surface area contributed by atoms with Crippen molar-refractivity contribution in [1.82, 2.24) is 0 Å². The van der Waals surface area contributed by atoms with Gasteiger partial charge in [-0.2, -0.15) is 0 Å². The summed E-state index contributed by atoms with van der Waals surface area (Å²) in [5, 5.41) is 0. The lowest BCUT2D eigenvalue weighted by Crippen LogP contribution is -2.24. The third-order valence-electron chi connectivity index (χ3n) is 3.67. The van der Waals surface area contributed by atoms with Crippen LogP contribution < -0.4 is 0 Å². The van der Waals surface area contributed by atoms with Crippen molar-refractivity contribution in [2.75, 3.05) is 0 Å². The molecule has 0 saturated heterocycles. The van der Waals surface area contributed by atoms with Crippen LogP contribution in [0.4, 0.5) is 0 Å². The Kier molecular flexibility index (Phi) is 1.41. The van der Waals surface area contributed by atoms with E-state index in [2.05, 4.69) is 36.4 Å². The van der Waals surface area contributed by atoms with Crippen LogP contribution in [0.3, 0.4) is 0 Å². The second kappa shape index (κ2) is 1.90. The maximum atomic E-state index is 2.71. The molecule has 2 rings (SSSR count). The molecule has 10 heavy (non-hydrogen) atoms. The largest absolute Gasteiger partial charge is 0.0780 e. The summed E-state index contributed by atoms with van der Waals surface area (Å²) in [5.41, 5.74) is 0.741. The smallest absolute Gasteiger partial charge is 0.0307 e. The Labute approximate surface area is 76.9 Å². The molecule has 2 fully saturated rings. The summed E-state index contributed by atoms with van der Waals surface area (Å²) in [7, 11) is 0. The van der Waals surface area contributed by atoms with Gasteiger partial charge in [-0.05, 0) is 30.6 Å². The van der Waals surface area contributed by atoms with Crippen molar-refractivity contribution in [2.45, 2.75) is 43.0 Å². The Morgan fingerprint density at radius 2 is 2.20 bits per heavy atom. The summed E-state index contributed by atoms with van der Waals surface area (Å²) in [4.78, 5) is 0. The minimum absolute atomic E-state index is 0.711. The van der Waals surface area contributed by atoms with Crippen LogP contribution in [0.5, 0.6) is 0 Å². The maximum absolute atomic E-state index is 2.71. The highest BCUT2D eigenvalue weighted by Crippen LogP contribution is 2.71. The van der Waals surface area contributed by atoms with Crippen molar-refractivity contribution in [3.8, 4) is 0 Å². The molecule has 2 aliphatic rings. The first-order valence-corrected chi connectivity index (χ1v) is 5.35. The molecule has 0 aromatic rings. The molecule has 0 amide bonds. The van der Waals surface area contributed by atoms with Gasteiger partial charge in [0.25, 0.3) is 0 Å². The molecular formula is C9H15I. The standard InChI is InChI=1S/C9H15I/c1-7-4-3-5-8(2)6-9(7,8)10/h7H,3-6H2,1-2H3. The lowest BCUT2D eigenvalue weighted by atomic mass is 9.83. The molecule has 2 saturated carbocycles. The van der Waals surface area contributed by atoms with Crippen molar-refractivity contribution >= 4 is 22.6 Å². The first-order valence-electron chi connectivity index (χ1n) is 4.27. The molecule has 1 heteroatoms. The number of hydrogen-bond acceptors (Lipinski definition) is 0. The zero-order valence-corrected chi connectivity index (χ0v) is 8.94. The monoisotopic (exact) mass is 250 g/mol. The van der Waals surface area contributed by atoms with Crippen LogP contribution in [0.1, 0.15) is 39.5 Å². The van der Waals surface area contributed by atoms with Crippen molar-refractivity contribution in [3.63, 3.8) is 0 Å². The fourth-order valence-corrected chi connectivity index (χ4v) is 4.04. The Balaban J connectivity index is 2.20. The second-order valence-electron chi connectivity index (χ2n) is 4.39. The van der Waals surface area contributed by atoms with E-state index in [9.17, 15) is 0 Å². The Morgan fingerprint density at radius 1 is 1.50 bits per heavy atom. The molecule has 3 atom stereocenters. The fraction of sp³-hybridized carbons (Fsp3) is 1.00. The maximum Gasteiger partial charge on any atom is 0.0307 e. The number of rotatable bonds is 0. The predicted octanol–water partition coefficient (Wildman–Crippen LogP) is 3.39. The molecule has 0 aromatic carbocycles. The SMILES string of the molecule is CC1CCCC2(C)CC12I. The summed E-state index contributed by atoms with van der Waals surface area (Å²) < 4.78 is 0.711. The van der Waals surface area contributed by atoms with E-state index < -0.39 is 0 Å². The van der Waals surface area contributed by atoms with E-state index in [1.807, 2.05) is 0 Å². The minimum atomic E-state index is 0.711. The van der Waals surface area contributed by atoms with Crippen LogP contribution in [-0.2, 0) is 0 Å². The third kappa shape index (κ3) is 0.730. The van der Waals surface area contributed by atoms with Crippen LogP contribution >= 0.6 is 22.6 Å². The van der Waals surface area contributed by atoms with Gasteiger partial charge in [0.15, 0.2) is 0 Å². The number of halogens is 1. The van der Waals surface area contributed by atoms with E-state index in [0.29, 0.717) is 3.42 Å². The zero-order valence-electron chi connectivity index (χ0n) is 6.78. The molecule has 0 aromatic heterocycles. The summed E-state index contributed by atoms with van der Waals surface area (Å²) >= 11 is 2.71. The minimum Gasteiger partial charge on any atom is -0.0780 e. The average molecular weight is 250 g/mol. The Hall–Kier alpha value is 0.730. The lowest BCUT2D eigenvalue weighted by molar-refractivity contribution is 0.322. The first-order chi connectivity index (χ1) is 4.58. The van der Waals surface area contributed by atoms with Crippen LogP contribution in [-0.4, -0.2) is 3.42 Å². The highest BCUT2D eigenvalue weighted by molar-refractivity contribution is 14.1. The van der Waals surface area contributed by atoms with Crippen LogP contribution in [0.15, 0.2) is 0 Å². The molecule has 2 aliphatic carbocycles. The van der Waals surface area contributed by atoms with Gasteiger partial charge in [-0.3, -0.25) is 0 Å². The van der Waals surface area contributed by atoms with E-state index >= 15 is 0 Å². The fourth-order valence-electron chi connectivity index (χ4n) is 2.62. The highest BCUT2D eigenvalue weighted by Gasteiger charge is 2.65. The van der Waals surface area contributed by atoms with Gasteiger partial charge >= 0.3 is 0 Å². The molecule has 0 spiro atoms. The van der Waals surface area contributed by atoms with E-state index in [-0.39, 0.29) is 0 Å². The molecule has 0 N–H and O–H groups in total. The van der Waals surface area contributed by atoms with Gasteiger partial charge in [-0.15, -0.1) is 0 Å². The second-order valence-corrected chi connectivity index (χ2v) is 6.32. The predicted molar refractivity (Wildman–Crippen MR) is 52.5 cm³/mol. The summed E-state index contributed by atoms with van der Waals surface area (Å²) in [5.74, 6) is 0.979. The molecule has 0 heterocycles. The van der Waals surface area contributed by atoms with Gasteiger partial charge in [-0.25, -0.2) is 0 Å². The van der Waals surface area contributed by atoms with E-state index in [1.165, 1.54) is 25.7 Å². The van der Waals surface area contributed by atoms with Gasteiger partial charge in [0.1, 0.15) is 0 Å². The summed E-state index contributed by atoms with van der Waals surface area (Å²) in [6.07, 6.45) is 5.92. The molecule has 0 radical (unpaired) electrons. The van der Waals surface area contributed by atoms with Gasteiger partial charge in [0, 0.05) is 3.42 Å². The Bertz CT molecular complexity index is 166. The van der Waals surface area contributed by atoms with Crippen molar-refractivity contribution in [1.29, 1.82) is 0 Å². The average Bonchev–Trinajstić information content (AvgIpc) is 2.38. The first kappa shape index (κ1) is 7.38. The van der Waals surface area contributed by atoms with Crippen molar-refractivity contribution in [3.05, 3.63) is 0 Å².